The van der Waals surface area contributed by atoms with E-state index in [2.05, 4.69) is 22.0 Å². The van der Waals surface area contributed by atoms with Crippen molar-refractivity contribution in [3.63, 3.8) is 0 Å². The van der Waals surface area contributed by atoms with E-state index in [1.807, 2.05) is 42.5 Å². The van der Waals surface area contributed by atoms with Crippen molar-refractivity contribution >= 4 is 40.8 Å². The lowest BCUT2D eigenvalue weighted by Gasteiger charge is -2.42. The summed E-state index contributed by atoms with van der Waals surface area (Å²) < 4.78 is 0. The number of rotatable bonds is 4. The fourth-order valence-electron chi connectivity index (χ4n) is 5.43. The molecule has 1 atom stereocenters. The molecule has 0 aliphatic carbocycles. The van der Waals surface area contributed by atoms with E-state index in [9.17, 15) is 9.59 Å². The Labute approximate surface area is 223 Å². The van der Waals surface area contributed by atoms with Gasteiger partial charge in [0.2, 0.25) is 5.91 Å². The van der Waals surface area contributed by atoms with Crippen LogP contribution in [0.25, 0.3) is 0 Å². The number of carbonyl (C=O) groups is 2. The Hall–Kier alpha value is -2.32. The Morgan fingerprint density at radius 1 is 0.972 bits per heavy atom. The average molecular weight is 533 g/mol. The lowest BCUT2D eigenvalue weighted by Crippen LogP contribution is -2.54. The van der Waals surface area contributed by atoms with Crippen LogP contribution in [0, 0.1) is 0 Å². The molecule has 36 heavy (non-hydrogen) atoms. The highest BCUT2D eigenvalue weighted by atomic mass is 35.5. The quantitative estimate of drug-likeness (QED) is 0.605. The minimum Gasteiger partial charge on any atom is -0.351 e. The van der Waals surface area contributed by atoms with E-state index in [0.717, 1.165) is 75.5 Å². The van der Waals surface area contributed by atoms with Gasteiger partial charge in [-0.1, -0.05) is 54.7 Å². The highest BCUT2D eigenvalue weighted by Gasteiger charge is 2.51. The first-order valence-corrected chi connectivity index (χ1v) is 13.5. The molecule has 0 saturated carbocycles. The number of nitrogens with one attached hydrogen (secondary N) is 1. The Bertz CT molecular complexity index is 1080. The SMILES string of the molecule is CCN1CCN(C(N)=O)CC1.O=C1Nc2cc(Cl)ccc2C1(Cc1cccc(Cl)c1)N1CCCCC1. The number of hydrogen-bond acceptors (Lipinski definition) is 4. The molecule has 194 valence electrons. The van der Waals surface area contributed by atoms with Crippen LogP contribution in [-0.4, -0.2) is 72.5 Å². The molecule has 2 saturated heterocycles. The van der Waals surface area contributed by atoms with Gasteiger partial charge in [-0.25, -0.2) is 4.79 Å². The maximum Gasteiger partial charge on any atom is 0.314 e. The van der Waals surface area contributed by atoms with Gasteiger partial charge in [-0.15, -0.1) is 0 Å². The molecule has 3 amide bonds. The molecule has 3 N–H and O–H groups in total. The number of piperazine rings is 1. The minimum absolute atomic E-state index is 0.0339. The summed E-state index contributed by atoms with van der Waals surface area (Å²) in [7, 11) is 0. The lowest BCUT2D eigenvalue weighted by molar-refractivity contribution is -0.128. The summed E-state index contributed by atoms with van der Waals surface area (Å²) in [5.74, 6) is 0.0339. The summed E-state index contributed by atoms with van der Waals surface area (Å²) in [5, 5.41) is 4.39. The van der Waals surface area contributed by atoms with E-state index in [0.29, 0.717) is 16.5 Å². The number of hydrogen-bond donors (Lipinski definition) is 2. The van der Waals surface area contributed by atoms with Crippen molar-refractivity contribution in [3.8, 4) is 0 Å². The van der Waals surface area contributed by atoms with E-state index < -0.39 is 5.54 Å². The number of urea groups is 1. The number of likely N-dealkylation sites (tertiary alicyclic amines) is 1. The highest BCUT2D eigenvalue weighted by molar-refractivity contribution is 6.31. The topological polar surface area (TPSA) is 81.9 Å². The van der Waals surface area contributed by atoms with Gasteiger partial charge in [-0.2, -0.15) is 0 Å². The molecular formula is C27H35Cl2N5O2. The molecule has 3 heterocycles. The summed E-state index contributed by atoms with van der Waals surface area (Å²) in [6, 6.07) is 13.2. The second-order valence-corrected chi connectivity index (χ2v) is 10.5. The Kier molecular flexibility index (Phi) is 8.78. The number of piperidine rings is 1. The molecule has 2 fully saturated rings. The van der Waals surface area contributed by atoms with E-state index >= 15 is 0 Å². The van der Waals surface area contributed by atoms with Crippen molar-refractivity contribution in [2.45, 2.75) is 38.1 Å². The summed E-state index contributed by atoms with van der Waals surface area (Å²) >= 11 is 12.3. The van der Waals surface area contributed by atoms with Gasteiger partial charge in [-0.3, -0.25) is 9.69 Å². The minimum atomic E-state index is -0.689. The van der Waals surface area contributed by atoms with Gasteiger partial charge >= 0.3 is 6.03 Å². The second-order valence-electron chi connectivity index (χ2n) is 9.62. The predicted molar refractivity (Wildman–Crippen MR) is 146 cm³/mol. The van der Waals surface area contributed by atoms with Crippen LogP contribution in [0.15, 0.2) is 42.5 Å². The third-order valence-corrected chi connectivity index (χ3v) is 7.90. The Morgan fingerprint density at radius 2 is 1.67 bits per heavy atom. The Morgan fingerprint density at radius 3 is 2.31 bits per heavy atom. The fraction of sp³-hybridized carbons (Fsp3) is 0.481. The van der Waals surface area contributed by atoms with Gasteiger partial charge in [0.15, 0.2) is 0 Å². The zero-order valence-corrected chi connectivity index (χ0v) is 22.3. The number of halogens is 2. The molecule has 0 aromatic heterocycles. The van der Waals surface area contributed by atoms with Crippen molar-refractivity contribution in [2.75, 3.05) is 51.1 Å². The zero-order valence-electron chi connectivity index (χ0n) is 20.8. The van der Waals surface area contributed by atoms with Crippen LogP contribution in [0.2, 0.25) is 10.0 Å². The second kappa shape index (κ2) is 11.8. The molecule has 3 aliphatic heterocycles. The molecule has 0 radical (unpaired) electrons. The normalized spacial score (nSPS) is 22.4. The number of anilines is 1. The summed E-state index contributed by atoms with van der Waals surface area (Å²) in [6.07, 6.45) is 4.06. The third kappa shape index (κ3) is 5.80. The van der Waals surface area contributed by atoms with E-state index in [-0.39, 0.29) is 11.9 Å². The maximum atomic E-state index is 13.2. The first kappa shape index (κ1) is 26.7. The fourth-order valence-corrected chi connectivity index (χ4v) is 5.82. The van der Waals surface area contributed by atoms with Gasteiger partial charge in [0.05, 0.1) is 0 Å². The average Bonchev–Trinajstić information content (AvgIpc) is 3.15. The third-order valence-electron chi connectivity index (χ3n) is 7.43. The molecular weight excluding hydrogens is 497 g/mol. The first-order chi connectivity index (χ1) is 17.3. The van der Waals surface area contributed by atoms with Crippen LogP contribution >= 0.6 is 23.2 Å². The monoisotopic (exact) mass is 531 g/mol. The molecule has 2 aromatic rings. The van der Waals surface area contributed by atoms with Gasteiger partial charge in [0.25, 0.3) is 0 Å². The zero-order chi connectivity index (χ0) is 25.7. The summed E-state index contributed by atoms with van der Waals surface area (Å²) in [4.78, 5) is 30.2. The first-order valence-electron chi connectivity index (χ1n) is 12.7. The molecule has 1 unspecified atom stereocenters. The summed E-state index contributed by atoms with van der Waals surface area (Å²) in [5.41, 5.74) is 7.34. The van der Waals surface area contributed by atoms with Crippen LogP contribution < -0.4 is 11.1 Å². The smallest absolute Gasteiger partial charge is 0.314 e. The largest absolute Gasteiger partial charge is 0.351 e. The van der Waals surface area contributed by atoms with Crippen LogP contribution in [0.4, 0.5) is 10.5 Å². The number of nitrogens with two attached hydrogens (primary N) is 1. The van der Waals surface area contributed by atoms with Gasteiger partial charge < -0.3 is 20.9 Å². The molecule has 9 heteroatoms. The lowest BCUT2D eigenvalue weighted by atomic mass is 9.82. The molecule has 2 aromatic carbocycles. The molecule has 5 rings (SSSR count). The van der Waals surface area contributed by atoms with E-state index in [1.54, 1.807) is 4.90 Å². The molecule has 0 spiro atoms. The van der Waals surface area contributed by atoms with Crippen molar-refractivity contribution in [1.82, 2.24) is 14.7 Å². The Balaban J connectivity index is 0.000000233. The number of carbonyl (C=O) groups excluding carboxylic acids is 2. The van der Waals surface area contributed by atoms with E-state index in [1.165, 1.54) is 6.42 Å². The van der Waals surface area contributed by atoms with E-state index in [4.69, 9.17) is 28.9 Å². The van der Waals surface area contributed by atoms with Crippen LogP contribution in [0.5, 0.6) is 0 Å². The van der Waals surface area contributed by atoms with Gasteiger partial charge in [0.1, 0.15) is 5.54 Å². The van der Waals surface area contributed by atoms with Crippen molar-refractivity contribution in [1.29, 1.82) is 0 Å². The van der Waals surface area contributed by atoms with Crippen molar-refractivity contribution in [3.05, 3.63) is 63.6 Å². The van der Waals surface area contributed by atoms with Gasteiger partial charge in [0, 0.05) is 53.9 Å². The summed E-state index contributed by atoms with van der Waals surface area (Å²) in [6.45, 7) is 8.52. The van der Waals surface area contributed by atoms with Crippen molar-refractivity contribution in [2.24, 2.45) is 5.73 Å². The van der Waals surface area contributed by atoms with Crippen molar-refractivity contribution < 1.29 is 9.59 Å². The number of benzene rings is 2. The standard InChI is InChI=1S/C20H20Cl2N2O.C7H15N3O/c21-15-6-4-5-14(11-15)13-20(24-9-2-1-3-10-24)17-8-7-16(22)12-18(17)23-19(20)25;1-2-9-3-5-10(6-4-9)7(8)11/h4-8,11-12H,1-3,9-10,13H2,(H,23,25);2-6H2,1H3,(H2,8,11). The predicted octanol–water partition coefficient (Wildman–Crippen LogP) is 4.57. The number of amides is 3. The number of nitrogens with zero attached hydrogens (tertiary/aromatic N) is 3. The highest BCUT2D eigenvalue weighted by Crippen LogP contribution is 2.45. The molecule has 7 nitrogen and oxygen atoms in total. The van der Waals surface area contributed by atoms with Crippen LogP contribution in [0.1, 0.15) is 37.3 Å². The number of likely N-dealkylation sites (N-methyl/N-ethyl adjacent to an activating group) is 1. The maximum absolute atomic E-state index is 13.2. The van der Waals surface area contributed by atoms with Gasteiger partial charge in [-0.05, 0) is 62.3 Å². The molecule has 3 aliphatic rings. The van der Waals surface area contributed by atoms with Crippen LogP contribution in [0.3, 0.4) is 0 Å². The molecule has 0 bridgehead atoms. The number of primary amides is 1. The van der Waals surface area contributed by atoms with Crippen LogP contribution in [-0.2, 0) is 16.8 Å². The number of fused-ring (bicyclic) bond motifs is 1.